The maximum atomic E-state index is 12.2. The normalized spacial score (nSPS) is 24.7. The van der Waals surface area contributed by atoms with Crippen LogP contribution in [-0.2, 0) is 9.53 Å². The Hall–Kier alpha value is -2.04. The van der Waals surface area contributed by atoms with Crippen LogP contribution in [0, 0.1) is 0 Å². The van der Waals surface area contributed by atoms with Gasteiger partial charge in [0, 0.05) is 5.92 Å². The lowest BCUT2D eigenvalue weighted by Crippen LogP contribution is -2.60. The van der Waals surface area contributed by atoms with E-state index in [1.807, 2.05) is 30.3 Å². The number of carbonyl (C=O) groups excluding carboxylic acids is 1. The molecule has 1 saturated carbocycles. The predicted octanol–water partition coefficient (Wildman–Crippen LogP) is 3.69. The largest absolute Gasteiger partial charge is 0.479 e. The van der Waals surface area contributed by atoms with Gasteiger partial charge in [0.25, 0.3) is 0 Å². The molecule has 1 unspecified atom stereocenters. The summed E-state index contributed by atoms with van der Waals surface area (Å²) < 4.78 is 5.29. The zero-order valence-corrected chi connectivity index (χ0v) is 14.0. The van der Waals surface area contributed by atoms with Crippen LogP contribution in [0.5, 0.6) is 0 Å². The Morgan fingerprint density at radius 3 is 2.43 bits per heavy atom. The SMILES string of the molecule is CC(C)(C)OC(=O)N[C@]1(C(=O)O)CCCCC1c1ccccc1. The van der Waals surface area contributed by atoms with Crippen molar-refractivity contribution in [2.24, 2.45) is 0 Å². The number of nitrogens with one attached hydrogen (secondary N) is 1. The molecule has 1 fully saturated rings. The summed E-state index contributed by atoms with van der Waals surface area (Å²) in [7, 11) is 0. The zero-order chi connectivity index (χ0) is 17.1. The van der Waals surface area contributed by atoms with E-state index < -0.39 is 23.2 Å². The van der Waals surface area contributed by atoms with Gasteiger partial charge in [-0.1, -0.05) is 43.2 Å². The van der Waals surface area contributed by atoms with Crippen molar-refractivity contribution < 1.29 is 19.4 Å². The van der Waals surface area contributed by atoms with E-state index in [4.69, 9.17) is 4.74 Å². The van der Waals surface area contributed by atoms with Crippen LogP contribution in [0.25, 0.3) is 0 Å². The van der Waals surface area contributed by atoms with Gasteiger partial charge in [-0.05, 0) is 39.2 Å². The molecule has 1 aromatic carbocycles. The molecule has 0 saturated heterocycles. The van der Waals surface area contributed by atoms with Crippen LogP contribution in [0.4, 0.5) is 4.79 Å². The third-order valence-electron chi connectivity index (χ3n) is 4.22. The molecule has 5 heteroatoms. The standard InChI is InChI=1S/C18H25NO4/c1-17(2,3)23-16(22)19-18(15(20)21)12-8-7-11-14(18)13-9-5-4-6-10-13/h4-6,9-10,14H,7-8,11-12H2,1-3H3,(H,19,22)(H,20,21)/t14?,18-/m1/s1. The van der Waals surface area contributed by atoms with Crippen LogP contribution in [0.15, 0.2) is 30.3 Å². The fourth-order valence-electron chi connectivity index (χ4n) is 3.25. The number of carboxylic acid groups (broad SMARTS) is 1. The predicted molar refractivity (Wildman–Crippen MR) is 87.4 cm³/mol. The van der Waals surface area contributed by atoms with Crippen LogP contribution >= 0.6 is 0 Å². The van der Waals surface area contributed by atoms with E-state index in [1.165, 1.54) is 0 Å². The number of hydrogen-bond acceptors (Lipinski definition) is 3. The van der Waals surface area contributed by atoms with Gasteiger partial charge in [-0.2, -0.15) is 0 Å². The van der Waals surface area contributed by atoms with E-state index >= 15 is 0 Å². The molecule has 2 N–H and O–H groups in total. The van der Waals surface area contributed by atoms with E-state index in [0.717, 1.165) is 24.8 Å². The molecule has 23 heavy (non-hydrogen) atoms. The fourth-order valence-corrected chi connectivity index (χ4v) is 3.25. The summed E-state index contributed by atoms with van der Waals surface area (Å²) in [5.74, 6) is -1.26. The molecule has 126 valence electrons. The second-order valence-electron chi connectivity index (χ2n) is 7.11. The lowest BCUT2D eigenvalue weighted by molar-refractivity contribution is -0.147. The zero-order valence-electron chi connectivity index (χ0n) is 14.0. The Morgan fingerprint density at radius 1 is 1.22 bits per heavy atom. The average molecular weight is 319 g/mol. The maximum Gasteiger partial charge on any atom is 0.408 e. The molecule has 2 atom stereocenters. The number of aliphatic carboxylic acids is 1. The first kappa shape index (κ1) is 17.3. The van der Waals surface area contributed by atoms with Gasteiger partial charge in [0.1, 0.15) is 11.1 Å². The molecule has 1 amide bonds. The lowest BCUT2D eigenvalue weighted by Gasteiger charge is -2.41. The number of ether oxygens (including phenoxy) is 1. The van der Waals surface area contributed by atoms with Gasteiger partial charge in [0.15, 0.2) is 0 Å². The molecule has 0 radical (unpaired) electrons. The Morgan fingerprint density at radius 2 is 1.87 bits per heavy atom. The fraction of sp³-hybridized carbons (Fsp3) is 0.556. The van der Waals surface area contributed by atoms with Crippen molar-refractivity contribution in [3.63, 3.8) is 0 Å². The number of rotatable bonds is 3. The molecule has 2 rings (SSSR count). The lowest BCUT2D eigenvalue weighted by atomic mass is 9.69. The van der Waals surface area contributed by atoms with Gasteiger partial charge >= 0.3 is 12.1 Å². The van der Waals surface area contributed by atoms with E-state index in [1.54, 1.807) is 20.8 Å². The number of carbonyl (C=O) groups is 2. The highest BCUT2D eigenvalue weighted by atomic mass is 16.6. The molecule has 0 spiro atoms. The van der Waals surface area contributed by atoms with Gasteiger partial charge in [-0.25, -0.2) is 9.59 Å². The highest BCUT2D eigenvalue weighted by Gasteiger charge is 2.49. The van der Waals surface area contributed by atoms with Crippen molar-refractivity contribution in [2.45, 2.75) is 63.5 Å². The van der Waals surface area contributed by atoms with E-state index in [0.29, 0.717) is 6.42 Å². The van der Waals surface area contributed by atoms with Gasteiger partial charge in [0.05, 0.1) is 0 Å². The van der Waals surface area contributed by atoms with Crippen molar-refractivity contribution >= 4 is 12.1 Å². The van der Waals surface area contributed by atoms with E-state index in [9.17, 15) is 14.7 Å². The first-order chi connectivity index (χ1) is 10.7. The molecular weight excluding hydrogens is 294 g/mol. The van der Waals surface area contributed by atoms with Crippen LogP contribution in [-0.4, -0.2) is 28.3 Å². The smallest absolute Gasteiger partial charge is 0.408 e. The molecule has 1 aliphatic rings. The second-order valence-corrected chi connectivity index (χ2v) is 7.11. The minimum Gasteiger partial charge on any atom is -0.479 e. The third kappa shape index (κ3) is 4.03. The quantitative estimate of drug-likeness (QED) is 0.891. The highest BCUT2D eigenvalue weighted by molar-refractivity contribution is 5.86. The van der Waals surface area contributed by atoms with Crippen LogP contribution in [0.1, 0.15) is 57.9 Å². The van der Waals surface area contributed by atoms with Gasteiger partial charge in [-0.15, -0.1) is 0 Å². The first-order valence-electron chi connectivity index (χ1n) is 8.04. The molecule has 5 nitrogen and oxygen atoms in total. The summed E-state index contributed by atoms with van der Waals surface area (Å²) in [6.45, 7) is 5.28. The Bertz CT molecular complexity index is 564. The van der Waals surface area contributed by atoms with Crippen LogP contribution in [0.2, 0.25) is 0 Å². The maximum absolute atomic E-state index is 12.2. The Balaban J connectivity index is 2.32. The Kier molecular flexibility index (Phi) is 4.97. The topological polar surface area (TPSA) is 75.6 Å². The summed E-state index contributed by atoms with van der Waals surface area (Å²) in [5, 5.41) is 12.6. The van der Waals surface area contributed by atoms with Gasteiger partial charge in [-0.3, -0.25) is 0 Å². The van der Waals surface area contributed by atoms with Gasteiger partial charge < -0.3 is 15.2 Å². The summed E-state index contributed by atoms with van der Waals surface area (Å²) in [6, 6.07) is 9.53. The average Bonchev–Trinajstić information content (AvgIpc) is 2.46. The third-order valence-corrected chi connectivity index (χ3v) is 4.22. The Labute approximate surface area is 137 Å². The molecule has 0 aliphatic heterocycles. The number of benzene rings is 1. The van der Waals surface area contributed by atoms with Crippen molar-refractivity contribution in [2.75, 3.05) is 0 Å². The number of hydrogen-bond donors (Lipinski definition) is 2. The molecule has 1 aliphatic carbocycles. The number of carboxylic acids is 1. The minimum atomic E-state index is -1.32. The molecule has 1 aromatic rings. The summed E-state index contributed by atoms with van der Waals surface area (Å²) >= 11 is 0. The van der Waals surface area contributed by atoms with E-state index in [-0.39, 0.29) is 5.92 Å². The summed E-state index contributed by atoms with van der Waals surface area (Å²) in [4.78, 5) is 24.3. The number of alkyl carbamates (subject to hydrolysis) is 1. The van der Waals surface area contributed by atoms with Crippen LogP contribution in [0.3, 0.4) is 0 Å². The second kappa shape index (κ2) is 6.60. The molecular formula is C18H25NO4. The highest BCUT2D eigenvalue weighted by Crippen LogP contribution is 2.41. The molecule has 0 bridgehead atoms. The minimum absolute atomic E-state index is 0.262. The van der Waals surface area contributed by atoms with Crippen molar-refractivity contribution in [1.82, 2.24) is 5.32 Å². The van der Waals surface area contributed by atoms with Gasteiger partial charge in [0.2, 0.25) is 0 Å². The molecule has 0 heterocycles. The molecule has 0 aromatic heterocycles. The van der Waals surface area contributed by atoms with E-state index in [2.05, 4.69) is 5.32 Å². The van der Waals surface area contributed by atoms with Crippen molar-refractivity contribution in [3.05, 3.63) is 35.9 Å². The van der Waals surface area contributed by atoms with Crippen molar-refractivity contribution in [3.8, 4) is 0 Å². The number of amides is 1. The first-order valence-corrected chi connectivity index (χ1v) is 8.04. The summed E-state index contributed by atoms with van der Waals surface area (Å²) in [5.41, 5.74) is -1.05. The monoisotopic (exact) mass is 319 g/mol. The van der Waals surface area contributed by atoms with Crippen LogP contribution < -0.4 is 5.32 Å². The van der Waals surface area contributed by atoms with Crippen molar-refractivity contribution in [1.29, 1.82) is 0 Å². The summed E-state index contributed by atoms with van der Waals surface area (Å²) in [6.07, 6.45) is 2.17.